The first kappa shape index (κ1) is 13.0. The third-order valence-electron chi connectivity index (χ3n) is 4.27. The van der Waals surface area contributed by atoms with Crippen molar-refractivity contribution in [3.63, 3.8) is 0 Å². The van der Waals surface area contributed by atoms with Crippen molar-refractivity contribution in [1.82, 2.24) is 4.98 Å². The molecule has 1 aromatic heterocycles. The van der Waals surface area contributed by atoms with E-state index in [0.29, 0.717) is 6.54 Å². The Balaban J connectivity index is 1.82. The second-order valence-corrected chi connectivity index (χ2v) is 5.73. The van der Waals surface area contributed by atoms with Crippen molar-refractivity contribution in [2.45, 2.75) is 19.4 Å². The molecule has 1 aliphatic rings. The zero-order chi connectivity index (χ0) is 15.1. The van der Waals surface area contributed by atoms with Gasteiger partial charge in [0, 0.05) is 10.9 Å². The topological polar surface area (TPSA) is 33.2 Å². The van der Waals surface area contributed by atoms with Crippen LogP contribution in [0.4, 0.5) is 5.82 Å². The molecule has 1 atom stereocenters. The lowest BCUT2D eigenvalue weighted by atomic mass is 10.0. The molecule has 3 heteroatoms. The third kappa shape index (κ3) is 1.98. The molecule has 108 valence electrons. The zero-order valence-electron chi connectivity index (χ0n) is 12.4. The molecule has 4 rings (SSSR count). The normalized spacial score (nSPS) is 17.0. The minimum atomic E-state index is -0.129. The van der Waals surface area contributed by atoms with Gasteiger partial charge in [0.15, 0.2) is 0 Å². The summed E-state index contributed by atoms with van der Waals surface area (Å²) in [4.78, 5) is 19.2. The van der Waals surface area contributed by atoms with Crippen molar-refractivity contribution in [1.29, 1.82) is 0 Å². The van der Waals surface area contributed by atoms with Crippen LogP contribution in [0.5, 0.6) is 0 Å². The van der Waals surface area contributed by atoms with Gasteiger partial charge in [0.2, 0.25) is 5.91 Å². The molecule has 2 heterocycles. The van der Waals surface area contributed by atoms with Gasteiger partial charge < -0.3 is 0 Å². The Morgan fingerprint density at radius 3 is 2.59 bits per heavy atom. The standard InChI is InChI=1S/C19H16N2O/c1-13-16-11-15-9-5-6-10-17(15)20-18(16)21(19(13)22)12-14-7-3-2-4-8-14/h2-11,13H,12H2,1H3. The minimum Gasteiger partial charge on any atom is -0.292 e. The quantitative estimate of drug-likeness (QED) is 0.717. The highest BCUT2D eigenvalue weighted by Gasteiger charge is 2.35. The average Bonchev–Trinajstić information content (AvgIpc) is 2.79. The summed E-state index contributed by atoms with van der Waals surface area (Å²) >= 11 is 0. The molecule has 22 heavy (non-hydrogen) atoms. The van der Waals surface area contributed by atoms with Crippen LogP contribution in [0.3, 0.4) is 0 Å². The number of hydrogen-bond donors (Lipinski definition) is 0. The van der Waals surface area contributed by atoms with Crippen LogP contribution in [0.1, 0.15) is 24.0 Å². The molecule has 0 radical (unpaired) electrons. The molecule has 3 nitrogen and oxygen atoms in total. The molecule has 0 saturated carbocycles. The molecule has 3 aromatic rings. The second-order valence-electron chi connectivity index (χ2n) is 5.73. The molecule has 0 aliphatic carbocycles. The molecule has 1 unspecified atom stereocenters. The number of anilines is 1. The fourth-order valence-electron chi connectivity index (χ4n) is 3.05. The highest BCUT2D eigenvalue weighted by atomic mass is 16.2. The summed E-state index contributed by atoms with van der Waals surface area (Å²) in [6.07, 6.45) is 0. The van der Waals surface area contributed by atoms with E-state index in [2.05, 4.69) is 6.07 Å². The van der Waals surface area contributed by atoms with Crippen LogP contribution < -0.4 is 4.90 Å². The van der Waals surface area contributed by atoms with E-state index in [-0.39, 0.29) is 11.8 Å². The smallest absolute Gasteiger partial charge is 0.235 e. The monoisotopic (exact) mass is 288 g/mol. The van der Waals surface area contributed by atoms with E-state index in [9.17, 15) is 4.79 Å². The summed E-state index contributed by atoms with van der Waals surface area (Å²) in [7, 11) is 0. The van der Waals surface area contributed by atoms with E-state index < -0.39 is 0 Å². The van der Waals surface area contributed by atoms with Crippen LogP contribution in [0.25, 0.3) is 10.9 Å². The van der Waals surface area contributed by atoms with Gasteiger partial charge in [-0.1, -0.05) is 48.5 Å². The summed E-state index contributed by atoms with van der Waals surface area (Å²) in [6.45, 7) is 2.53. The van der Waals surface area contributed by atoms with Gasteiger partial charge in [-0.05, 0) is 24.6 Å². The molecule has 0 fully saturated rings. The fourth-order valence-corrected chi connectivity index (χ4v) is 3.05. The van der Waals surface area contributed by atoms with E-state index in [1.807, 2.05) is 66.4 Å². The SMILES string of the molecule is CC1C(=O)N(Cc2ccccc2)c2nc3ccccc3cc21. The van der Waals surface area contributed by atoms with Gasteiger partial charge in [0.25, 0.3) is 0 Å². The number of hydrogen-bond acceptors (Lipinski definition) is 2. The van der Waals surface area contributed by atoms with Crippen LogP contribution in [-0.2, 0) is 11.3 Å². The van der Waals surface area contributed by atoms with Crippen molar-refractivity contribution >= 4 is 22.6 Å². The molecule has 1 aliphatic heterocycles. The van der Waals surface area contributed by atoms with E-state index in [4.69, 9.17) is 4.98 Å². The van der Waals surface area contributed by atoms with Gasteiger partial charge in [0.05, 0.1) is 18.0 Å². The number of fused-ring (bicyclic) bond motifs is 2. The van der Waals surface area contributed by atoms with Gasteiger partial charge in [0.1, 0.15) is 5.82 Å². The van der Waals surface area contributed by atoms with E-state index in [1.165, 1.54) is 0 Å². The zero-order valence-corrected chi connectivity index (χ0v) is 12.4. The predicted octanol–water partition coefficient (Wildman–Crippen LogP) is 3.89. The fraction of sp³-hybridized carbons (Fsp3) is 0.158. The maximum atomic E-state index is 12.6. The van der Waals surface area contributed by atoms with E-state index in [0.717, 1.165) is 27.8 Å². The second kappa shape index (κ2) is 4.95. The summed E-state index contributed by atoms with van der Waals surface area (Å²) < 4.78 is 0. The first-order valence-corrected chi connectivity index (χ1v) is 7.49. The predicted molar refractivity (Wildman–Crippen MR) is 87.8 cm³/mol. The molecule has 0 saturated heterocycles. The lowest BCUT2D eigenvalue weighted by molar-refractivity contribution is -0.119. The Bertz CT molecular complexity index is 858. The number of amides is 1. The number of pyridine rings is 1. The minimum absolute atomic E-state index is 0.127. The summed E-state index contributed by atoms with van der Waals surface area (Å²) in [5.41, 5.74) is 3.08. The molecule has 0 spiro atoms. The molecule has 2 aromatic carbocycles. The van der Waals surface area contributed by atoms with Crippen LogP contribution in [-0.4, -0.2) is 10.9 Å². The van der Waals surface area contributed by atoms with Crippen LogP contribution in [0, 0.1) is 0 Å². The van der Waals surface area contributed by atoms with Gasteiger partial charge in [-0.3, -0.25) is 9.69 Å². The van der Waals surface area contributed by atoms with Crippen molar-refractivity contribution in [3.8, 4) is 0 Å². The highest BCUT2D eigenvalue weighted by Crippen LogP contribution is 2.38. The van der Waals surface area contributed by atoms with Crippen molar-refractivity contribution in [2.75, 3.05) is 4.90 Å². The first-order chi connectivity index (χ1) is 10.7. The Morgan fingerprint density at radius 1 is 1.05 bits per heavy atom. The Kier molecular flexibility index (Phi) is 2.93. The molecule has 0 N–H and O–H groups in total. The Labute approximate surface area is 129 Å². The van der Waals surface area contributed by atoms with Gasteiger partial charge in [-0.15, -0.1) is 0 Å². The first-order valence-electron chi connectivity index (χ1n) is 7.49. The number of carbonyl (C=O) groups excluding carboxylic acids is 1. The maximum Gasteiger partial charge on any atom is 0.235 e. The van der Waals surface area contributed by atoms with E-state index in [1.54, 1.807) is 0 Å². The summed E-state index contributed by atoms with van der Waals surface area (Å²) in [5.74, 6) is 0.803. The number of aromatic nitrogens is 1. The maximum absolute atomic E-state index is 12.6. The number of rotatable bonds is 2. The van der Waals surface area contributed by atoms with Crippen LogP contribution >= 0.6 is 0 Å². The van der Waals surface area contributed by atoms with Crippen molar-refractivity contribution in [3.05, 3.63) is 71.8 Å². The van der Waals surface area contributed by atoms with Crippen LogP contribution in [0.15, 0.2) is 60.7 Å². The molecular formula is C19H16N2O. The van der Waals surface area contributed by atoms with Gasteiger partial charge in [-0.2, -0.15) is 0 Å². The molecule has 1 amide bonds. The Hall–Kier alpha value is -2.68. The van der Waals surface area contributed by atoms with Gasteiger partial charge >= 0.3 is 0 Å². The van der Waals surface area contributed by atoms with Crippen molar-refractivity contribution < 1.29 is 4.79 Å². The van der Waals surface area contributed by atoms with E-state index >= 15 is 0 Å². The number of carbonyl (C=O) groups is 1. The largest absolute Gasteiger partial charge is 0.292 e. The highest BCUT2D eigenvalue weighted by molar-refractivity contribution is 6.05. The van der Waals surface area contributed by atoms with Crippen molar-refractivity contribution in [2.24, 2.45) is 0 Å². The van der Waals surface area contributed by atoms with Crippen LogP contribution in [0.2, 0.25) is 0 Å². The average molecular weight is 288 g/mol. The number of nitrogens with zero attached hydrogens (tertiary/aromatic N) is 2. The lowest BCUT2D eigenvalue weighted by Gasteiger charge is -2.17. The Morgan fingerprint density at radius 2 is 1.77 bits per heavy atom. The molecular weight excluding hydrogens is 272 g/mol. The summed E-state index contributed by atoms with van der Waals surface area (Å²) in [6, 6.07) is 20.2. The van der Waals surface area contributed by atoms with Gasteiger partial charge in [-0.25, -0.2) is 4.98 Å². The third-order valence-corrected chi connectivity index (χ3v) is 4.27. The molecule has 0 bridgehead atoms. The summed E-state index contributed by atoms with van der Waals surface area (Å²) in [5, 5.41) is 1.09. The number of para-hydroxylation sites is 1. The number of benzene rings is 2. The lowest BCUT2D eigenvalue weighted by Crippen LogP contribution is -2.27.